The lowest BCUT2D eigenvalue weighted by Crippen LogP contribution is -2.17. The molecule has 0 aromatic carbocycles. The summed E-state index contributed by atoms with van der Waals surface area (Å²) in [4.78, 5) is 0. The van der Waals surface area contributed by atoms with Crippen molar-refractivity contribution in [1.82, 2.24) is 5.32 Å². The van der Waals surface area contributed by atoms with E-state index in [2.05, 4.69) is 43.5 Å². The molecule has 1 atom stereocenters. The van der Waals surface area contributed by atoms with Gasteiger partial charge in [-0.25, -0.2) is 0 Å². The summed E-state index contributed by atoms with van der Waals surface area (Å²) in [5.74, 6) is 0. The van der Waals surface area contributed by atoms with Crippen molar-refractivity contribution in [2.75, 3.05) is 0 Å². The third-order valence-electron chi connectivity index (χ3n) is 1.87. The number of hydrogen-bond donors (Lipinski definition) is 1. The van der Waals surface area contributed by atoms with Gasteiger partial charge in [0.15, 0.2) is 0 Å². The topological polar surface area (TPSA) is 12.0 Å². The Morgan fingerprint density at radius 3 is 2.92 bits per heavy atom. The van der Waals surface area contributed by atoms with E-state index in [1.165, 1.54) is 5.57 Å². The van der Waals surface area contributed by atoms with Crippen LogP contribution in [0.4, 0.5) is 0 Å². The van der Waals surface area contributed by atoms with Crippen molar-refractivity contribution >= 4 is 0 Å². The number of nitrogens with one attached hydrogen (secondary N) is 1. The molecular formula is C11H17N. The summed E-state index contributed by atoms with van der Waals surface area (Å²) in [6, 6.07) is 0.434. The van der Waals surface area contributed by atoms with Crippen LogP contribution in [-0.2, 0) is 0 Å². The second-order valence-corrected chi connectivity index (χ2v) is 3.25. The van der Waals surface area contributed by atoms with Crippen molar-refractivity contribution in [2.24, 2.45) is 0 Å². The molecule has 0 saturated heterocycles. The van der Waals surface area contributed by atoms with E-state index < -0.39 is 0 Å². The largest absolute Gasteiger partial charge is 0.385 e. The van der Waals surface area contributed by atoms with E-state index in [1.807, 2.05) is 6.20 Å². The lowest BCUT2D eigenvalue weighted by molar-refractivity contribution is 0.760. The minimum atomic E-state index is 0.434. The Morgan fingerprint density at radius 1 is 1.33 bits per heavy atom. The summed E-state index contributed by atoms with van der Waals surface area (Å²) < 4.78 is 0. The molecule has 1 heterocycles. The molecule has 0 aromatic rings. The highest BCUT2D eigenvalue weighted by molar-refractivity contribution is 5.18. The van der Waals surface area contributed by atoms with Crippen molar-refractivity contribution in [3.05, 3.63) is 36.1 Å². The van der Waals surface area contributed by atoms with Gasteiger partial charge in [-0.3, -0.25) is 0 Å². The monoisotopic (exact) mass is 163 g/mol. The first kappa shape index (κ1) is 9.11. The molecule has 0 bridgehead atoms. The first-order valence-corrected chi connectivity index (χ1v) is 4.55. The van der Waals surface area contributed by atoms with Crippen molar-refractivity contribution in [1.29, 1.82) is 0 Å². The lowest BCUT2D eigenvalue weighted by Gasteiger charge is -2.08. The standard InChI is InChI=1S/C11H17N/c1-10-7-5-3-4-6-8-12-11(2)9-10/h5-9,11-12H,3-4H2,1-2H3/b7-5-,8-6-,10-9-. The van der Waals surface area contributed by atoms with E-state index in [0.717, 1.165) is 12.8 Å². The average Bonchev–Trinajstić information content (AvgIpc) is 2.02. The molecule has 1 N–H and O–H groups in total. The smallest absolute Gasteiger partial charge is 0.0416 e. The second kappa shape index (κ2) is 4.81. The van der Waals surface area contributed by atoms with Gasteiger partial charge in [0, 0.05) is 6.04 Å². The van der Waals surface area contributed by atoms with Crippen LogP contribution < -0.4 is 5.32 Å². The molecule has 0 aromatic heterocycles. The van der Waals surface area contributed by atoms with E-state index in [-0.39, 0.29) is 0 Å². The lowest BCUT2D eigenvalue weighted by atomic mass is 10.1. The fourth-order valence-electron chi connectivity index (χ4n) is 1.26. The molecular weight excluding hydrogens is 146 g/mol. The van der Waals surface area contributed by atoms with E-state index >= 15 is 0 Å². The quantitative estimate of drug-likeness (QED) is 0.579. The zero-order valence-corrected chi connectivity index (χ0v) is 7.88. The fourth-order valence-corrected chi connectivity index (χ4v) is 1.26. The van der Waals surface area contributed by atoms with Crippen LogP contribution in [0, 0.1) is 0 Å². The molecule has 0 spiro atoms. The predicted molar refractivity (Wildman–Crippen MR) is 53.9 cm³/mol. The molecule has 1 aliphatic rings. The van der Waals surface area contributed by atoms with Crippen LogP contribution in [-0.4, -0.2) is 6.04 Å². The van der Waals surface area contributed by atoms with Crippen LogP contribution in [0.3, 0.4) is 0 Å². The molecule has 0 radical (unpaired) electrons. The van der Waals surface area contributed by atoms with Crippen molar-refractivity contribution in [2.45, 2.75) is 32.7 Å². The zero-order valence-electron chi connectivity index (χ0n) is 7.88. The van der Waals surface area contributed by atoms with Gasteiger partial charge in [-0.15, -0.1) is 0 Å². The third-order valence-corrected chi connectivity index (χ3v) is 1.87. The van der Waals surface area contributed by atoms with Gasteiger partial charge in [-0.1, -0.05) is 29.9 Å². The highest BCUT2D eigenvalue weighted by atomic mass is 14.9. The summed E-state index contributed by atoms with van der Waals surface area (Å²) >= 11 is 0. The van der Waals surface area contributed by atoms with E-state index in [4.69, 9.17) is 0 Å². The van der Waals surface area contributed by atoms with Gasteiger partial charge in [-0.05, 0) is 32.9 Å². The highest BCUT2D eigenvalue weighted by Crippen LogP contribution is 2.02. The Balaban J connectivity index is 2.64. The van der Waals surface area contributed by atoms with Crippen LogP contribution in [0.5, 0.6) is 0 Å². The summed E-state index contributed by atoms with van der Waals surface area (Å²) in [5.41, 5.74) is 1.34. The van der Waals surface area contributed by atoms with Gasteiger partial charge in [0.25, 0.3) is 0 Å². The van der Waals surface area contributed by atoms with Gasteiger partial charge in [0.1, 0.15) is 0 Å². The van der Waals surface area contributed by atoms with Crippen LogP contribution in [0.25, 0.3) is 0 Å². The molecule has 1 heteroatoms. The van der Waals surface area contributed by atoms with E-state index in [9.17, 15) is 0 Å². The molecule has 0 fully saturated rings. The predicted octanol–water partition coefficient (Wildman–Crippen LogP) is 2.77. The van der Waals surface area contributed by atoms with Crippen molar-refractivity contribution in [3.8, 4) is 0 Å². The van der Waals surface area contributed by atoms with Gasteiger partial charge >= 0.3 is 0 Å². The summed E-state index contributed by atoms with van der Waals surface area (Å²) in [7, 11) is 0. The molecule has 0 amide bonds. The molecule has 0 saturated carbocycles. The van der Waals surface area contributed by atoms with Crippen molar-refractivity contribution in [3.63, 3.8) is 0 Å². The Morgan fingerprint density at radius 2 is 2.08 bits per heavy atom. The summed E-state index contributed by atoms with van der Waals surface area (Å²) in [6.07, 6.45) is 13.1. The SMILES string of the molecule is CC1=C/C(C)N/C=C\CC/C=C\1. The molecule has 0 aliphatic carbocycles. The van der Waals surface area contributed by atoms with Crippen molar-refractivity contribution < 1.29 is 0 Å². The molecule has 1 rings (SSSR count). The maximum atomic E-state index is 3.29. The normalized spacial score (nSPS) is 34.2. The van der Waals surface area contributed by atoms with Crippen LogP contribution in [0.1, 0.15) is 26.7 Å². The average molecular weight is 163 g/mol. The second-order valence-electron chi connectivity index (χ2n) is 3.25. The number of allylic oxidation sites excluding steroid dienone is 4. The molecule has 1 unspecified atom stereocenters. The summed E-state index contributed by atoms with van der Waals surface area (Å²) in [5, 5.41) is 3.29. The Bertz CT molecular complexity index is 211. The van der Waals surface area contributed by atoms with Crippen LogP contribution in [0.2, 0.25) is 0 Å². The molecule has 1 nitrogen and oxygen atoms in total. The first-order chi connectivity index (χ1) is 5.79. The van der Waals surface area contributed by atoms with Crippen LogP contribution in [0.15, 0.2) is 36.1 Å². The maximum Gasteiger partial charge on any atom is 0.0416 e. The molecule has 12 heavy (non-hydrogen) atoms. The van der Waals surface area contributed by atoms with Gasteiger partial charge in [0.05, 0.1) is 0 Å². The van der Waals surface area contributed by atoms with Gasteiger partial charge in [0.2, 0.25) is 0 Å². The minimum absolute atomic E-state index is 0.434. The zero-order chi connectivity index (χ0) is 8.81. The van der Waals surface area contributed by atoms with Gasteiger partial charge < -0.3 is 5.32 Å². The number of rotatable bonds is 0. The van der Waals surface area contributed by atoms with E-state index in [0.29, 0.717) is 6.04 Å². The molecule has 66 valence electrons. The number of hydrogen-bond acceptors (Lipinski definition) is 1. The third kappa shape index (κ3) is 3.42. The minimum Gasteiger partial charge on any atom is -0.385 e. The maximum absolute atomic E-state index is 3.29. The Hall–Kier alpha value is -0.980. The Kier molecular flexibility index (Phi) is 3.65. The van der Waals surface area contributed by atoms with Crippen LogP contribution >= 0.6 is 0 Å². The fraction of sp³-hybridized carbons (Fsp3) is 0.455. The highest BCUT2D eigenvalue weighted by Gasteiger charge is 1.93. The Labute approximate surface area is 74.9 Å². The van der Waals surface area contributed by atoms with E-state index in [1.54, 1.807) is 0 Å². The first-order valence-electron chi connectivity index (χ1n) is 4.55. The molecule has 1 aliphatic heterocycles. The summed E-state index contributed by atoms with van der Waals surface area (Å²) in [6.45, 7) is 4.29. The van der Waals surface area contributed by atoms with Gasteiger partial charge in [-0.2, -0.15) is 0 Å².